The SMILES string of the molecule is CC(C)n1ncc2c1C(=O)CCCNCCC2. The highest BCUT2D eigenvalue weighted by Gasteiger charge is 2.19. The number of hydrogen-bond donors (Lipinski definition) is 1. The van der Waals surface area contributed by atoms with E-state index in [1.165, 1.54) is 0 Å². The van der Waals surface area contributed by atoms with Gasteiger partial charge < -0.3 is 5.32 Å². The smallest absolute Gasteiger partial charge is 0.181 e. The van der Waals surface area contributed by atoms with Crippen molar-refractivity contribution in [1.82, 2.24) is 15.1 Å². The molecular weight excluding hydrogens is 214 g/mol. The molecule has 0 amide bonds. The Morgan fingerprint density at radius 1 is 1.29 bits per heavy atom. The molecule has 0 aliphatic carbocycles. The summed E-state index contributed by atoms with van der Waals surface area (Å²) in [7, 11) is 0. The van der Waals surface area contributed by atoms with E-state index in [-0.39, 0.29) is 11.8 Å². The third-order valence-electron chi connectivity index (χ3n) is 3.18. The number of carbonyl (C=O) groups excluding carboxylic acids is 1. The molecule has 0 atom stereocenters. The molecule has 0 radical (unpaired) electrons. The van der Waals surface area contributed by atoms with Gasteiger partial charge in [0.2, 0.25) is 0 Å². The molecule has 4 nitrogen and oxygen atoms in total. The Labute approximate surface area is 102 Å². The number of nitrogens with zero attached hydrogens (tertiary/aromatic N) is 2. The van der Waals surface area contributed by atoms with Gasteiger partial charge in [0.15, 0.2) is 5.78 Å². The average molecular weight is 235 g/mol. The van der Waals surface area contributed by atoms with Gasteiger partial charge in [-0.1, -0.05) is 0 Å². The van der Waals surface area contributed by atoms with Crippen molar-refractivity contribution in [3.63, 3.8) is 0 Å². The van der Waals surface area contributed by atoms with Crippen LogP contribution >= 0.6 is 0 Å². The minimum atomic E-state index is 0.245. The predicted octanol–water partition coefficient (Wildman–Crippen LogP) is 1.96. The quantitative estimate of drug-likeness (QED) is 0.809. The van der Waals surface area contributed by atoms with Crippen LogP contribution in [0.3, 0.4) is 0 Å². The molecule has 1 aromatic heterocycles. The maximum absolute atomic E-state index is 12.2. The Balaban J connectivity index is 2.31. The van der Waals surface area contributed by atoms with Gasteiger partial charge in [-0.2, -0.15) is 5.10 Å². The molecule has 17 heavy (non-hydrogen) atoms. The fraction of sp³-hybridized carbons (Fsp3) is 0.692. The molecule has 4 heteroatoms. The summed E-state index contributed by atoms with van der Waals surface area (Å²) in [6.07, 6.45) is 5.43. The van der Waals surface area contributed by atoms with Gasteiger partial charge in [-0.25, -0.2) is 0 Å². The average Bonchev–Trinajstić information content (AvgIpc) is 2.71. The molecule has 2 rings (SSSR count). The van der Waals surface area contributed by atoms with E-state index >= 15 is 0 Å². The second-order valence-corrected chi connectivity index (χ2v) is 4.94. The van der Waals surface area contributed by atoms with Crippen molar-refractivity contribution in [2.24, 2.45) is 0 Å². The maximum Gasteiger partial charge on any atom is 0.181 e. The van der Waals surface area contributed by atoms with E-state index in [0.29, 0.717) is 6.42 Å². The van der Waals surface area contributed by atoms with E-state index in [4.69, 9.17) is 0 Å². The van der Waals surface area contributed by atoms with Crippen molar-refractivity contribution >= 4 is 5.78 Å². The zero-order valence-corrected chi connectivity index (χ0v) is 10.7. The van der Waals surface area contributed by atoms with Crippen molar-refractivity contribution in [2.75, 3.05) is 13.1 Å². The highest BCUT2D eigenvalue weighted by atomic mass is 16.1. The monoisotopic (exact) mass is 235 g/mol. The lowest BCUT2D eigenvalue weighted by molar-refractivity contribution is 0.0966. The first-order valence-corrected chi connectivity index (χ1v) is 6.50. The Bertz CT molecular complexity index is 395. The predicted molar refractivity (Wildman–Crippen MR) is 67.4 cm³/mol. The molecule has 0 saturated carbocycles. The number of aromatic nitrogens is 2. The van der Waals surface area contributed by atoms with Gasteiger partial charge >= 0.3 is 0 Å². The van der Waals surface area contributed by atoms with Crippen LogP contribution in [0.4, 0.5) is 0 Å². The van der Waals surface area contributed by atoms with E-state index in [9.17, 15) is 4.79 Å². The molecule has 94 valence electrons. The molecule has 0 fully saturated rings. The summed E-state index contributed by atoms with van der Waals surface area (Å²) in [5.74, 6) is 0.245. The van der Waals surface area contributed by atoms with Crippen molar-refractivity contribution in [3.8, 4) is 0 Å². The summed E-state index contributed by atoms with van der Waals surface area (Å²) in [6, 6.07) is 0.253. The number of fused-ring (bicyclic) bond motifs is 1. The second kappa shape index (κ2) is 5.45. The minimum absolute atomic E-state index is 0.245. The van der Waals surface area contributed by atoms with Gasteiger partial charge in [-0.3, -0.25) is 9.48 Å². The first-order chi connectivity index (χ1) is 8.20. The molecule has 0 bridgehead atoms. The van der Waals surface area contributed by atoms with E-state index in [1.54, 1.807) is 0 Å². The number of nitrogens with one attached hydrogen (secondary N) is 1. The van der Waals surface area contributed by atoms with E-state index in [2.05, 4.69) is 24.3 Å². The molecule has 1 N–H and O–H groups in total. The highest BCUT2D eigenvalue weighted by molar-refractivity contribution is 5.95. The fourth-order valence-electron chi connectivity index (χ4n) is 2.30. The molecule has 1 aliphatic heterocycles. The summed E-state index contributed by atoms with van der Waals surface area (Å²) in [4.78, 5) is 12.2. The normalized spacial score (nSPS) is 18.2. The van der Waals surface area contributed by atoms with Crippen molar-refractivity contribution < 1.29 is 4.79 Å². The number of rotatable bonds is 1. The molecule has 0 unspecified atom stereocenters. The third kappa shape index (κ3) is 2.75. The topological polar surface area (TPSA) is 46.9 Å². The summed E-state index contributed by atoms with van der Waals surface area (Å²) in [5, 5.41) is 7.72. The Morgan fingerprint density at radius 2 is 2.00 bits per heavy atom. The van der Waals surface area contributed by atoms with Gasteiger partial charge in [0, 0.05) is 18.0 Å². The standard InChI is InChI=1S/C13H21N3O/c1-10(2)16-13-11(9-15-16)5-3-7-14-8-4-6-12(13)17/h9-10,14H,3-8H2,1-2H3. The fourth-order valence-corrected chi connectivity index (χ4v) is 2.30. The van der Waals surface area contributed by atoms with Crippen LogP contribution in [0.5, 0.6) is 0 Å². The summed E-state index contributed by atoms with van der Waals surface area (Å²) in [6.45, 7) is 6.11. The highest BCUT2D eigenvalue weighted by Crippen LogP contribution is 2.18. The van der Waals surface area contributed by atoms with Crippen LogP contribution in [0.25, 0.3) is 0 Å². The van der Waals surface area contributed by atoms with Crippen LogP contribution in [0.15, 0.2) is 6.20 Å². The molecular formula is C13H21N3O. The van der Waals surface area contributed by atoms with Crippen molar-refractivity contribution in [1.29, 1.82) is 0 Å². The molecule has 0 spiro atoms. The second-order valence-electron chi connectivity index (χ2n) is 4.94. The zero-order valence-electron chi connectivity index (χ0n) is 10.7. The Hall–Kier alpha value is -1.16. The van der Waals surface area contributed by atoms with Crippen LogP contribution in [0.1, 0.15) is 55.2 Å². The molecule has 1 aromatic rings. The Morgan fingerprint density at radius 3 is 2.71 bits per heavy atom. The Kier molecular flexibility index (Phi) is 3.94. The molecule has 0 aromatic carbocycles. The van der Waals surface area contributed by atoms with Crippen LogP contribution in [0, 0.1) is 0 Å². The van der Waals surface area contributed by atoms with E-state index in [0.717, 1.165) is 43.6 Å². The van der Waals surface area contributed by atoms with Crippen molar-refractivity contribution in [3.05, 3.63) is 17.5 Å². The summed E-state index contributed by atoms with van der Waals surface area (Å²) >= 11 is 0. The third-order valence-corrected chi connectivity index (χ3v) is 3.18. The minimum Gasteiger partial charge on any atom is -0.317 e. The summed E-state index contributed by atoms with van der Waals surface area (Å²) in [5.41, 5.74) is 1.97. The van der Waals surface area contributed by atoms with Crippen LogP contribution in [-0.4, -0.2) is 28.7 Å². The van der Waals surface area contributed by atoms with Gasteiger partial charge in [-0.05, 0) is 46.2 Å². The molecule has 0 saturated heterocycles. The lowest BCUT2D eigenvalue weighted by Crippen LogP contribution is -2.21. The lowest BCUT2D eigenvalue weighted by Gasteiger charge is -2.13. The number of hydrogen-bond acceptors (Lipinski definition) is 3. The van der Waals surface area contributed by atoms with Gasteiger partial charge in [0.1, 0.15) is 5.69 Å². The maximum atomic E-state index is 12.2. The van der Waals surface area contributed by atoms with Gasteiger partial charge in [0.05, 0.1) is 6.20 Å². The largest absolute Gasteiger partial charge is 0.317 e. The van der Waals surface area contributed by atoms with E-state index < -0.39 is 0 Å². The number of aryl methyl sites for hydroxylation is 1. The molecule has 1 aliphatic rings. The lowest BCUT2D eigenvalue weighted by atomic mass is 10.0. The summed E-state index contributed by atoms with van der Waals surface area (Å²) < 4.78 is 1.88. The first-order valence-electron chi connectivity index (χ1n) is 6.50. The number of Topliss-reactive ketones (excluding diaryl/α,β-unsaturated/α-hetero) is 1. The molecule has 2 heterocycles. The van der Waals surface area contributed by atoms with Crippen LogP contribution in [-0.2, 0) is 6.42 Å². The van der Waals surface area contributed by atoms with Gasteiger partial charge in [-0.15, -0.1) is 0 Å². The number of ketones is 1. The zero-order chi connectivity index (χ0) is 12.3. The number of carbonyl (C=O) groups is 1. The van der Waals surface area contributed by atoms with Crippen LogP contribution < -0.4 is 5.32 Å². The van der Waals surface area contributed by atoms with Crippen LogP contribution in [0.2, 0.25) is 0 Å². The van der Waals surface area contributed by atoms with Crippen molar-refractivity contribution in [2.45, 2.75) is 45.6 Å². The first kappa shape index (κ1) is 12.3. The van der Waals surface area contributed by atoms with E-state index in [1.807, 2.05) is 10.9 Å². The van der Waals surface area contributed by atoms with Gasteiger partial charge in [0.25, 0.3) is 0 Å².